The van der Waals surface area contributed by atoms with Crippen molar-refractivity contribution in [2.45, 2.75) is 44.3 Å². The van der Waals surface area contributed by atoms with Crippen LogP contribution in [0.15, 0.2) is 66.7 Å². The van der Waals surface area contributed by atoms with Crippen molar-refractivity contribution in [2.75, 3.05) is 12.4 Å². The summed E-state index contributed by atoms with van der Waals surface area (Å²) < 4.78 is 10.6. The number of amides is 1. The first kappa shape index (κ1) is 24.8. The molecule has 6 nitrogen and oxygen atoms in total. The summed E-state index contributed by atoms with van der Waals surface area (Å²) in [5, 5.41) is 15.2. The molecular formula is C28H28ClNO5. The Morgan fingerprint density at radius 1 is 1.11 bits per heavy atom. The van der Waals surface area contributed by atoms with E-state index in [0.29, 0.717) is 33.1 Å². The number of rotatable bonds is 8. The van der Waals surface area contributed by atoms with Gasteiger partial charge in [-0.3, -0.25) is 4.79 Å². The second-order valence-electron chi connectivity index (χ2n) is 9.46. The van der Waals surface area contributed by atoms with Crippen LogP contribution in [0.2, 0.25) is 5.02 Å². The second-order valence-corrected chi connectivity index (χ2v) is 9.87. The van der Waals surface area contributed by atoms with Gasteiger partial charge in [0, 0.05) is 22.7 Å². The number of benzene rings is 3. The highest BCUT2D eigenvalue weighted by Crippen LogP contribution is 2.39. The van der Waals surface area contributed by atoms with Gasteiger partial charge in [-0.25, -0.2) is 4.79 Å². The summed E-state index contributed by atoms with van der Waals surface area (Å²) >= 11 is 6.40. The van der Waals surface area contributed by atoms with Gasteiger partial charge in [-0.2, -0.15) is 0 Å². The van der Waals surface area contributed by atoms with Gasteiger partial charge in [-0.05, 0) is 53.3 Å². The van der Waals surface area contributed by atoms with Crippen LogP contribution in [0, 0.1) is 0 Å². The largest absolute Gasteiger partial charge is 0.496 e. The van der Waals surface area contributed by atoms with Crippen LogP contribution in [0.1, 0.15) is 47.3 Å². The molecule has 1 heterocycles. The maximum absolute atomic E-state index is 13.6. The number of fused-ring (bicyclic) bond motifs is 1. The van der Waals surface area contributed by atoms with Crippen molar-refractivity contribution in [1.29, 1.82) is 0 Å². The Labute approximate surface area is 209 Å². The molecular weight excluding hydrogens is 466 g/mol. The van der Waals surface area contributed by atoms with Crippen molar-refractivity contribution in [1.82, 2.24) is 0 Å². The van der Waals surface area contributed by atoms with Gasteiger partial charge >= 0.3 is 5.97 Å². The average molecular weight is 494 g/mol. The summed E-state index contributed by atoms with van der Waals surface area (Å²) in [5.41, 5.74) is 0.749. The quantitative estimate of drug-likeness (QED) is 0.416. The van der Waals surface area contributed by atoms with Crippen LogP contribution >= 0.6 is 11.6 Å². The lowest BCUT2D eigenvalue weighted by Crippen LogP contribution is -2.49. The predicted molar refractivity (Wildman–Crippen MR) is 135 cm³/mol. The molecule has 0 spiro atoms. The lowest BCUT2D eigenvalue weighted by atomic mass is 9.72. The highest BCUT2D eigenvalue weighted by molar-refractivity contribution is 6.31. The SMILES string of the molecule is COc1ccccc1C(C)(C)CC(O)(Cc1ccccc1Cl)C(=O)Nc1ccc2c(c1)COC2=O. The minimum Gasteiger partial charge on any atom is -0.496 e. The zero-order valence-corrected chi connectivity index (χ0v) is 20.7. The predicted octanol–water partition coefficient (Wildman–Crippen LogP) is 5.30. The van der Waals surface area contributed by atoms with E-state index in [4.69, 9.17) is 21.1 Å². The van der Waals surface area contributed by atoms with E-state index >= 15 is 0 Å². The van der Waals surface area contributed by atoms with E-state index in [9.17, 15) is 14.7 Å². The van der Waals surface area contributed by atoms with E-state index in [0.717, 1.165) is 5.56 Å². The zero-order valence-electron chi connectivity index (χ0n) is 19.9. The number of hydrogen-bond acceptors (Lipinski definition) is 5. The molecule has 0 aromatic heterocycles. The third kappa shape index (κ3) is 5.19. The standard InChI is InChI=1S/C28H28ClNO5/c1-27(2,22-9-5-7-11-24(22)34-3)17-28(33,15-18-8-4-6-10-23(18)29)26(32)30-20-12-13-21-19(14-20)16-35-25(21)31/h4-14,33H,15-17H2,1-3H3,(H,30,32). The monoisotopic (exact) mass is 493 g/mol. The molecule has 1 aliphatic heterocycles. The van der Waals surface area contributed by atoms with Crippen LogP contribution < -0.4 is 10.1 Å². The molecule has 1 aliphatic rings. The topological polar surface area (TPSA) is 84.9 Å². The minimum atomic E-state index is -1.80. The van der Waals surface area contributed by atoms with Crippen LogP contribution in [0.3, 0.4) is 0 Å². The summed E-state index contributed by atoms with van der Waals surface area (Å²) in [7, 11) is 1.60. The van der Waals surface area contributed by atoms with Gasteiger partial charge in [-0.1, -0.05) is 61.8 Å². The summed E-state index contributed by atoms with van der Waals surface area (Å²) in [4.78, 5) is 25.4. The molecule has 0 radical (unpaired) electrons. The Kier molecular flexibility index (Phi) is 6.88. The van der Waals surface area contributed by atoms with Gasteiger partial charge in [0.25, 0.3) is 5.91 Å². The number of halogens is 1. The zero-order chi connectivity index (χ0) is 25.2. The van der Waals surface area contributed by atoms with Crippen molar-refractivity contribution >= 4 is 29.2 Å². The Morgan fingerprint density at radius 2 is 1.83 bits per heavy atom. The molecule has 4 rings (SSSR count). The van der Waals surface area contributed by atoms with Crippen LogP contribution in [-0.2, 0) is 28.0 Å². The van der Waals surface area contributed by atoms with Gasteiger partial charge in [0.15, 0.2) is 0 Å². The summed E-state index contributed by atoms with van der Waals surface area (Å²) in [6.07, 6.45) is 0.119. The fourth-order valence-corrected chi connectivity index (χ4v) is 4.87. The first-order valence-corrected chi connectivity index (χ1v) is 11.7. The molecule has 35 heavy (non-hydrogen) atoms. The molecule has 182 valence electrons. The highest BCUT2D eigenvalue weighted by atomic mass is 35.5. The first-order chi connectivity index (χ1) is 16.6. The number of anilines is 1. The molecule has 0 aliphatic carbocycles. The van der Waals surface area contributed by atoms with Crippen molar-refractivity contribution in [3.05, 3.63) is 94.0 Å². The molecule has 1 atom stereocenters. The van der Waals surface area contributed by atoms with E-state index in [1.165, 1.54) is 0 Å². The van der Waals surface area contributed by atoms with E-state index in [1.54, 1.807) is 43.5 Å². The fourth-order valence-electron chi connectivity index (χ4n) is 4.67. The van der Waals surface area contributed by atoms with Gasteiger partial charge in [-0.15, -0.1) is 0 Å². The fraction of sp³-hybridized carbons (Fsp3) is 0.286. The molecule has 0 saturated heterocycles. The molecule has 0 saturated carbocycles. The third-order valence-electron chi connectivity index (χ3n) is 6.38. The summed E-state index contributed by atoms with van der Waals surface area (Å²) in [6.45, 7) is 4.09. The van der Waals surface area contributed by atoms with Crippen molar-refractivity contribution < 1.29 is 24.2 Å². The molecule has 0 bridgehead atoms. The van der Waals surface area contributed by atoms with Crippen LogP contribution in [0.25, 0.3) is 0 Å². The number of esters is 1. The van der Waals surface area contributed by atoms with Crippen LogP contribution in [0.5, 0.6) is 5.75 Å². The number of cyclic esters (lactones) is 1. The van der Waals surface area contributed by atoms with Gasteiger partial charge in [0.2, 0.25) is 0 Å². The van der Waals surface area contributed by atoms with Gasteiger partial charge < -0.3 is 19.9 Å². The highest BCUT2D eigenvalue weighted by Gasteiger charge is 2.43. The maximum Gasteiger partial charge on any atom is 0.338 e. The number of aliphatic hydroxyl groups is 1. The number of para-hydroxylation sites is 1. The van der Waals surface area contributed by atoms with Crippen molar-refractivity contribution in [2.24, 2.45) is 0 Å². The second kappa shape index (κ2) is 9.72. The van der Waals surface area contributed by atoms with E-state index in [2.05, 4.69) is 5.32 Å². The van der Waals surface area contributed by atoms with E-state index in [-0.39, 0.29) is 25.4 Å². The Morgan fingerprint density at radius 3 is 2.57 bits per heavy atom. The van der Waals surface area contributed by atoms with Crippen molar-refractivity contribution in [3.63, 3.8) is 0 Å². The molecule has 0 fully saturated rings. The summed E-state index contributed by atoms with van der Waals surface area (Å²) in [5.74, 6) is -0.265. The molecule has 3 aromatic carbocycles. The Bertz CT molecular complexity index is 1270. The summed E-state index contributed by atoms with van der Waals surface area (Å²) in [6, 6.07) is 19.7. The van der Waals surface area contributed by atoms with Crippen molar-refractivity contribution in [3.8, 4) is 5.75 Å². The molecule has 1 unspecified atom stereocenters. The normalized spacial score (nSPS) is 14.6. The first-order valence-electron chi connectivity index (χ1n) is 11.3. The van der Waals surface area contributed by atoms with E-state index in [1.807, 2.05) is 44.2 Å². The number of hydrogen-bond donors (Lipinski definition) is 2. The number of methoxy groups -OCH3 is 1. The maximum atomic E-state index is 13.6. The molecule has 1 amide bonds. The number of carbonyl (C=O) groups is 2. The molecule has 7 heteroatoms. The number of ether oxygens (including phenoxy) is 2. The van der Waals surface area contributed by atoms with E-state index < -0.39 is 16.9 Å². The number of carbonyl (C=O) groups excluding carboxylic acids is 2. The van der Waals surface area contributed by atoms with Gasteiger partial charge in [0.1, 0.15) is 18.0 Å². The molecule has 2 N–H and O–H groups in total. The Hall–Kier alpha value is -3.35. The minimum absolute atomic E-state index is 0.0175. The lowest BCUT2D eigenvalue weighted by Gasteiger charge is -2.36. The van der Waals surface area contributed by atoms with Crippen LogP contribution in [0.4, 0.5) is 5.69 Å². The van der Waals surface area contributed by atoms with Crippen LogP contribution in [-0.4, -0.2) is 29.7 Å². The third-order valence-corrected chi connectivity index (χ3v) is 6.74. The molecule has 3 aromatic rings. The van der Waals surface area contributed by atoms with Gasteiger partial charge in [0.05, 0.1) is 12.7 Å². The Balaban J connectivity index is 1.68. The lowest BCUT2D eigenvalue weighted by molar-refractivity contribution is -0.136. The number of nitrogens with one attached hydrogen (secondary N) is 1. The average Bonchev–Trinajstić information content (AvgIpc) is 3.20. The smallest absolute Gasteiger partial charge is 0.338 e.